The van der Waals surface area contributed by atoms with Crippen LogP contribution >= 0.6 is 23.2 Å². The summed E-state index contributed by atoms with van der Waals surface area (Å²) in [6, 6.07) is 11.8. The first kappa shape index (κ1) is 28.7. The van der Waals surface area contributed by atoms with E-state index in [9.17, 15) is 9.59 Å². The smallest absolute Gasteiger partial charge is 0.317 e. The molecule has 8 heteroatoms. The van der Waals surface area contributed by atoms with Crippen LogP contribution in [0, 0.1) is 17.8 Å². The van der Waals surface area contributed by atoms with Crippen molar-refractivity contribution in [3.63, 3.8) is 0 Å². The van der Waals surface area contributed by atoms with Crippen LogP contribution in [0.25, 0.3) is 0 Å². The SMILES string of the molecule is CCCC1(C2CC2)c2cc(Cl)ccc2NC(=O)N1C.CCCC1(C2CC2)c2cc(Cl)ccc2NC(=O)N1CC1CC1. The van der Waals surface area contributed by atoms with Gasteiger partial charge in [0.05, 0.1) is 11.1 Å². The molecule has 7 rings (SSSR count). The second-order valence-corrected chi connectivity index (χ2v) is 13.6. The van der Waals surface area contributed by atoms with Crippen molar-refractivity contribution in [2.75, 3.05) is 24.2 Å². The Morgan fingerprint density at radius 3 is 1.76 bits per heavy atom. The van der Waals surface area contributed by atoms with Gasteiger partial charge in [-0.2, -0.15) is 0 Å². The van der Waals surface area contributed by atoms with E-state index in [1.54, 1.807) is 0 Å². The fourth-order valence-electron chi connectivity index (χ4n) is 7.64. The topological polar surface area (TPSA) is 64.7 Å². The number of carbonyl (C=O) groups is 2. The highest BCUT2D eigenvalue weighted by atomic mass is 35.5. The average Bonchev–Trinajstić information content (AvgIpc) is 3.79. The second-order valence-electron chi connectivity index (χ2n) is 12.8. The number of anilines is 2. The first-order chi connectivity index (χ1) is 19.7. The van der Waals surface area contributed by atoms with Gasteiger partial charge in [-0.25, -0.2) is 9.59 Å². The summed E-state index contributed by atoms with van der Waals surface area (Å²) in [5, 5.41) is 7.56. The third-order valence-electron chi connectivity index (χ3n) is 9.91. The summed E-state index contributed by atoms with van der Waals surface area (Å²) < 4.78 is 0. The summed E-state index contributed by atoms with van der Waals surface area (Å²) >= 11 is 12.5. The van der Waals surface area contributed by atoms with Crippen molar-refractivity contribution in [3.8, 4) is 0 Å². The molecule has 2 atom stereocenters. The molecule has 220 valence electrons. The maximum atomic E-state index is 12.8. The van der Waals surface area contributed by atoms with Gasteiger partial charge in [0, 0.05) is 46.1 Å². The summed E-state index contributed by atoms with van der Waals surface area (Å²) in [6.07, 6.45) is 11.5. The maximum Gasteiger partial charge on any atom is 0.322 e. The molecule has 3 saturated carbocycles. The Kier molecular flexibility index (Phi) is 7.69. The highest BCUT2D eigenvalue weighted by molar-refractivity contribution is 6.31. The summed E-state index contributed by atoms with van der Waals surface area (Å²) in [5.74, 6) is 1.86. The van der Waals surface area contributed by atoms with Gasteiger partial charge in [0.2, 0.25) is 0 Å². The molecule has 2 aromatic carbocycles. The number of amides is 4. The van der Waals surface area contributed by atoms with Crippen molar-refractivity contribution in [1.29, 1.82) is 0 Å². The van der Waals surface area contributed by atoms with Crippen molar-refractivity contribution in [2.45, 2.75) is 89.1 Å². The molecule has 2 heterocycles. The number of benzene rings is 2. The normalized spacial score (nSPS) is 26.9. The monoisotopic (exact) mass is 596 g/mol. The minimum atomic E-state index is -0.169. The molecule has 5 aliphatic rings. The number of fused-ring (bicyclic) bond motifs is 2. The van der Waals surface area contributed by atoms with E-state index >= 15 is 0 Å². The van der Waals surface area contributed by atoms with Gasteiger partial charge in [-0.15, -0.1) is 0 Å². The first-order valence-electron chi connectivity index (χ1n) is 15.5. The number of nitrogens with one attached hydrogen (secondary N) is 2. The zero-order valence-electron chi connectivity index (χ0n) is 24.4. The zero-order valence-corrected chi connectivity index (χ0v) is 26.0. The van der Waals surface area contributed by atoms with Crippen LogP contribution in [0.5, 0.6) is 0 Å². The molecule has 3 fully saturated rings. The fourth-order valence-corrected chi connectivity index (χ4v) is 7.98. The minimum Gasteiger partial charge on any atom is -0.317 e. The Morgan fingerprint density at radius 1 is 0.756 bits per heavy atom. The van der Waals surface area contributed by atoms with Crippen molar-refractivity contribution in [1.82, 2.24) is 9.80 Å². The molecule has 0 bridgehead atoms. The van der Waals surface area contributed by atoms with Crippen LogP contribution in [0.1, 0.15) is 89.2 Å². The van der Waals surface area contributed by atoms with E-state index in [0.29, 0.717) is 17.8 Å². The molecule has 6 nitrogen and oxygen atoms in total. The molecule has 0 spiro atoms. The number of hydrogen-bond donors (Lipinski definition) is 2. The molecule has 4 amide bonds. The van der Waals surface area contributed by atoms with Crippen molar-refractivity contribution >= 4 is 46.6 Å². The molecule has 2 unspecified atom stereocenters. The van der Waals surface area contributed by atoms with Crippen LogP contribution in [-0.4, -0.2) is 35.5 Å². The average molecular weight is 598 g/mol. The molecule has 0 radical (unpaired) electrons. The highest BCUT2D eigenvalue weighted by Gasteiger charge is 2.56. The Balaban J connectivity index is 0.000000149. The van der Waals surface area contributed by atoms with Gasteiger partial charge in [0.15, 0.2) is 0 Å². The third-order valence-corrected chi connectivity index (χ3v) is 10.4. The summed E-state index contributed by atoms with van der Waals surface area (Å²) in [7, 11) is 1.91. The van der Waals surface area contributed by atoms with E-state index in [-0.39, 0.29) is 23.1 Å². The van der Waals surface area contributed by atoms with E-state index in [2.05, 4.69) is 35.4 Å². The lowest BCUT2D eigenvalue weighted by molar-refractivity contribution is 0.0812. The quantitative estimate of drug-likeness (QED) is 0.319. The van der Waals surface area contributed by atoms with Crippen LogP contribution < -0.4 is 10.6 Å². The van der Waals surface area contributed by atoms with Crippen molar-refractivity contribution in [2.24, 2.45) is 17.8 Å². The molecular weight excluding hydrogens is 555 g/mol. The van der Waals surface area contributed by atoms with E-state index in [0.717, 1.165) is 53.6 Å². The summed E-state index contributed by atoms with van der Waals surface area (Å²) in [5.41, 5.74) is 4.00. The maximum absolute atomic E-state index is 12.8. The summed E-state index contributed by atoms with van der Waals surface area (Å²) in [6.45, 7) is 5.29. The predicted octanol–water partition coefficient (Wildman–Crippen LogP) is 9.23. The van der Waals surface area contributed by atoms with Crippen LogP contribution in [0.2, 0.25) is 10.0 Å². The molecule has 0 saturated heterocycles. The fraction of sp³-hybridized carbons (Fsp3) is 0.576. The van der Waals surface area contributed by atoms with E-state index in [4.69, 9.17) is 23.2 Å². The zero-order chi connectivity index (χ0) is 28.9. The molecule has 41 heavy (non-hydrogen) atoms. The van der Waals surface area contributed by atoms with Gasteiger partial charge >= 0.3 is 12.1 Å². The van der Waals surface area contributed by atoms with Crippen molar-refractivity contribution in [3.05, 3.63) is 57.6 Å². The molecule has 3 aliphatic carbocycles. The standard InChI is InChI=1S/C18H23ClN2O.C15H19ClN2O/c1-2-9-18(13-5-6-13)15-10-14(19)7-8-16(15)20-17(22)21(18)11-12-3-4-12;1-3-8-15(10-4-5-10)12-9-11(16)6-7-13(12)17-14(19)18(15)2/h7-8,10,12-13H,2-6,9,11H2,1H3,(H,20,22);6-7,9-10H,3-5,8H2,1-2H3,(H,17,19). The van der Waals surface area contributed by atoms with Gasteiger partial charge in [0.25, 0.3) is 0 Å². The molecular formula is C33H42Cl2N4O2. The number of nitrogens with zero attached hydrogens (tertiary/aromatic N) is 2. The van der Waals surface area contributed by atoms with E-state index in [1.165, 1.54) is 49.7 Å². The Bertz CT molecular complexity index is 1340. The lowest BCUT2D eigenvalue weighted by atomic mass is 9.77. The van der Waals surface area contributed by atoms with Crippen LogP contribution in [-0.2, 0) is 11.1 Å². The van der Waals surface area contributed by atoms with E-state index in [1.807, 2.05) is 42.3 Å². The lowest BCUT2D eigenvalue weighted by Gasteiger charge is -2.49. The van der Waals surface area contributed by atoms with Crippen LogP contribution in [0.4, 0.5) is 21.0 Å². The number of carbonyl (C=O) groups excluding carboxylic acids is 2. The largest absolute Gasteiger partial charge is 0.322 e. The highest BCUT2D eigenvalue weighted by Crippen LogP contribution is 2.57. The van der Waals surface area contributed by atoms with Crippen LogP contribution in [0.15, 0.2) is 36.4 Å². The summed E-state index contributed by atoms with van der Waals surface area (Å²) in [4.78, 5) is 29.1. The molecule has 2 aliphatic heterocycles. The minimum absolute atomic E-state index is 0.00447. The third kappa shape index (κ3) is 5.09. The van der Waals surface area contributed by atoms with E-state index < -0.39 is 0 Å². The molecule has 2 aromatic rings. The Labute approximate surface area is 254 Å². The number of urea groups is 2. The van der Waals surface area contributed by atoms with Gasteiger partial charge in [0.1, 0.15) is 0 Å². The molecule has 2 N–H and O–H groups in total. The number of halogens is 2. The number of hydrogen-bond acceptors (Lipinski definition) is 2. The lowest BCUT2D eigenvalue weighted by Crippen LogP contribution is -2.56. The van der Waals surface area contributed by atoms with Gasteiger partial charge < -0.3 is 20.4 Å². The Morgan fingerprint density at radius 2 is 1.24 bits per heavy atom. The van der Waals surface area contributed by atoms with Gasteiger partial charge in [-0.3, -0.25) is 0 Å². The Hall–Kier alpha value is -2.44. The first-order valence-corrected chi connectivity index (χ1v) is 16.2. The van der Waals surface area contributed by atoms with Gasteiger partial charge in [-0.05, 0) is 106 Å². The second kappa shape index (κ2) is 11.0. The molecule has 0 aromatic heterocycles. The predicted molar refractivity (Wildman–Crippen MR) is 167 cm³/mol. The van der Waals surface area contributed by atoms with Crippen molar-refractivity contribution < 1.29 is 9.59 Å². The van der Waals surface area contributed by atoms with Crippen LogP contribution in [0.3, 0.4) is 0 Å². The van der Waals surface area contributed by atoms with Gasteiger partial charge in [-0.1, -0.05) is 49.9 Å². The number of rotatable bonds is 8.